The van der Waals surface area contributed by atoms with Crippen molar-refractivity contribution in [1.82, 2.24) is 4.90 Å². The van der Waals surface area contributed by atoms with Crippen LogP contribution in [0.4, 0.5) is 0 Å². The average molecular weight is 143 g/mol. The van der Waals surface area contributed by atoms with E-state index in [1.807, 2.05) is 6.92 Å². The lowest BCUT2D eigenvalue weighted by molar-refractivity contribution is -0.127. The standard InChI is InChI=1S/C7H13NO2/c1-2-3-8-5-6(9)4-7(8)10/h6,9H,2-5H2,1H3/t6-/m0/s1. The third kappa shape index (κ3) is 1.48. The van der Waals surface area contributed by atoms with Crippen LogP contribution in [0.2, 0.25) is 0 Å². The molecule has 0 radical (unpaired) electrons. The number of β-amino-alcohol motifs (C(OH)–C–C–N with tert-alkyl or cyclic N) is 1. The molecule has 0 bridgehead atoms. The molecule has 0 aromatic rings. The highest BCUT2D eigenvalue weighted by atomic mass is 16.3. The quantitative estimate of drug-likeness (QED) is 0.590. The van der Waals surface area contributed by atoms with Crippen molar-refractivity contribution in [3.63, 3.8) is 0 Å². The molecule has 1 heterocycles. The highest BCUT2D eigenvalue weighted by Gasteiger charge is 2.26. The van der Waals surface area contributed by atoms with Crippen molar-refractivity contribution in [1.29, 1.82) is 0 Å². The third-order valence-corrected chi connectivity index (χ3v) is 1.69. The predicted molar refractivity (Wildman–Crippen MR) is 37.5 cm³/mol. The lowest BCUT2D eigenvalue weighted by Gasteiger charge is -2.13. The first-order valence-electron chi connectivity index (χ1n) is 3.70. The predicted octanol–water partition coefficient (Wildman–Crippen LogP) is -0.0104. The molecule has 1 fully saturated rings. The van der Waals surface area contributed by atoms with Crippen LogP contribution in [0.15, 0.2) is 0 Å². The molecule has 58 valence electrons. The van der Waals surface area contributed by atoms with E-state index >= 15 is 0 Å². The van der Waals surface area contributed by atoms with Crippen molar-refractivity contribution < 1.29 is 9.90 Å². The van der Waals surface area contributed by atoms with Gasteiger partial charge in [-0.25, -0.2) is 0 Å². The summed E-state index contributed by atoms with van der Waals surface area (Å²) in [6.45, 7) is 3.35. The second-order valence-electron chi connectivity index (χ2n) is 2.70. The molecule has 1 N–H and O–H groups in total. The number of amides is 1. The van der Waals surface area contributed by atoms with Gasteiger partial charge in [-0.3, -0.25) is 4.79 Å². The number of aliphatic hydroxyl groups excluding tert-OH is 1. The van der Waals surface area contributed by atoms with Gasteiger partial charge < -0.3 is 10.0 Å². The molecule has 3 nitrogen and oxygen atoms in total. The number of nitrogens with zero attached hydrogens (tertiary/aromatic N) is 1. The summed E-state index contributed by atoms with van der Waals surface area (Å²) in [6, 6.07) is 0. The van der Waals surface area contributed by atoms with Gasteiger partial charge in [-0.15, -0.1) is 0 Å². The number of hydrogen-bond acceptors (Lipinski definition) is 2. The molecule has 1 rings (SSSR count). The summed E-state index contributed by atoms with van der Waals surface area (Å²) in [4.78, 5) is 12.7. The van der Waals surface area contributed by atoms with Crippen molar-refractivity contribution in [3.8, 4) is 0 Å². The van der Waals surface area contributed by atoms with E-state index in [2.05, 4.69) is 0 Å². The molecule has 0 aromatic heterocycles. The molecule has 0 unspecified atom stereocenters. The van der Waals surface area contributed by atoms with E-state index in [9.17, 15) is 4.79 Å². The van der Waals surface area contributed by atoms with Gasteiger partial charge >= 0.3 is 0 Å². The number of likely N-dealkylation sites (tertiary alicyclic amines) is 1. The Morgan fingerprint density at radius 1 is 1.80 bits per heavy atom. The molecule has 0 saturated carbocycles. The van der Waals surface area contributed by atoms with Crippen LogP contribution in [0.3, 0.4) is 0 Å². The van der Waals surface area contributed by atoms with Crippen LogP contribution >= 0.6 is 0 Å². The van der Waals surface area contributed by atoms with Crippen molar-refractivity contribution in [2.75, 3.05) is 13.1 Å². The minimum absolute atomic E-state index is 0.0920. The number of aliphatic hydroxyl groups is 1. The third-order valence-electron chi connectivity index (χ3n) is 1.69. The lowest BCUT2D eigenvalue weighted by atomic mass is 10.3. The molecule has 0 aliphatic carbocycles. The van der Waals surface area contributed by atoms with E-state index in [-0.39, 0.29) is 5.91 Å². The maximum absolute atomic E-state index is 10.9. The molecule has 3 heteroatoms. The topological polar surface area (TPSA) is 40.5 Å². The first-order chi connectivity index (χ1) is 4.74. The summed E-state index contributed by atoms with van der Waals surface area (Å²) in [5, 5.41) is 9.03. The van der Waals surface area contributed by atoms with E-state index in [1.165, 1.54) is 0 Å². The van der Waals surface area contributed by atoms with E-state index in [0.717, 1.165) is 13.0 Å². The van der Waals surface area contributed by atoms with Gasteiger partial charge in [-0.1, -0.05) is 6.92 Å². The Balaban J connectivity index is 2.39. The van der Waals surface area contributed by atoms with Gasteiger partial charge in [0.25, 0.3) is 0 Å². The Labute approximate surface area is 60.6 Å². The molecule has 1 amide bonds. The fourth-order valence-electron chi connectivity index (χ4n) is 1.24. The Bertz CT molecular complexity index is 136. The highest BCUT2D eigenvalue weighted by Crippen LogP contribution is 2.10. The van der Waals surface area contributed by atoms with Gasteiger partial charge in [0, 0.05) is 13.1 Å². The summed E-state index contributed by atoms with van der Waals surface area (Å²) < 4.78 is 0. The van der Waals surface area contributed by atoms with Crippen molar-refractivity contribution >= 4 is 5.91 Å². The zero-order chi connectivity index (χ0) is 7.56. The Morgan fingerprint density at radius 2 is 2.50 bits per heavy atom. The second kappa shape index (κ2) is 3.01. The average Bonchev–Trinajstić information content (AvgIpc) is 2.13. The Morgan fingerprint density at radius 3 is 2.90 bits per heavy atom. The number of carbonyl (C=O) groups is 1. The first-order valence-corrected chi connectivity index (χ1v) is 3.70. The van der Waals surface area contributed by atoms with Gasteiger partial charge in [-0.2, -0.15) is 0 Å². The smallest absolute Gasteiger partial charge is 0.225 e. The minimum atomic E-state index is -0.418. The van der Waals surface area contributed by atoms with E-state index < -0.39 is 6.10 Å². The van der Waals surface area contributed by atoms with Gasteiger partial charge in [0.15, 0.2) is 0 Å². The van der Waals surface area contributed by atoms with Crippen LogP contribution in [0.25, 0.3) is 0 Å². The van der Waals surface area contributed by atoms with Crippen LogP contribution < -0.4 is 0 Å². The zero-order valence-corrected chi connectivity index (χ0v) is 6.21. The lowest BCUT2D eigenvalue weighted by Crippen LogP contribution is -2.26. The highest BCUT2D eigenvalue weighted by molar-refractivity contribution is 5.78. The zero-order valence-electron chi connectivity index (χ0n) is 6.21. The molecule has 1 atom stereocenters. The largest absolute Gasteiger partial charge is 0.391 e. The van der Waals surface area contributed by atoms with Crippen LogP contribution in [0.5, 0.6) is 0 Å². The second-order valence-corrected chi connectivity index (χ2v) is 2.70. The summed E-state index contributed by atoms with van der Waals surface area (Å²) in [7, 11) is 0. The minimum Gasteiger partial charge on any atom is -0.391 e. The number of rotatable bonds is 2. The number of hydrogen-bond donors (Lipinski definition) is 1. The maximum Gasteiger partial charge on any atom is 0.225 e. The van der Waals surface area contributed by atoms with Crippen LogP contribution in [-0.2, 0) is 4.79 Å². The van der Waals surface area contributed by atoms with Crippen molar-refractivity contribution in [2.24, 2.45) is 0 Å². The maximum atomic E-state index is 10.9. The van der Waals surface area contributed by atoms with Gasteiger partial charge in [0.2, 0.25) is 5.91 Å². The van der Waals surface area contributed by atoms with Gasteiger partial charge in [0.05, 0.1) is 12.5 Å². The molecule has 1 aliphatic rings. The monoisotopic (exact) mass is 143 g/mol. The van der Waals surface area contributed by atoms with Crippen LogP contribution in [-0.4, -0.2) is 35.1 Å². The normalized spacial score (nSPS) is 26.0. The molecule has 1 saturated heterocycles. The summed E-state index contributed by atoms with van der Waals surface area (Å²) in [6.07, 6.45) is 0.873. The van der Waals surface area contributed by atoms with Gasteiger partial charge in [0.1, 0.15) is 0 Å². The summed E-state index contributed by atoms with van der Waals surface area (Å²) in [5.74, 6) is 0.0920. The molecule has 0 aromatic carbocycles. The SMILES string of the molecule is CCCN1C[C@@H](O)CC1=O. The first kappa shape index (κ1) is 7.54. The number of carbonyl (C=O) groups excluding carboxylic acids is 1. The van der Waals surface area contributed by atoms with Crippen molar-refractivity contribution in [2.45, 2.75) is 25.9 Å². The van der Waals surface area contributed by atoms with E-state index in [0.29, 0.717) is 13.0 Å². The van der Waals surface area contributed by atoms with Crippen LogP contribution in [0.1, 0.15) is 19.8 Å². The van der Waals surface area contributed by atoms with Crippen molar-refractivity contribution in [3.05, 3.63) is 0 Å². The Kier molecular flexibility index (Phi) is 2.27. The fourth-order valence-corrected chi connectivity index (χ4v) is 1.24. The molecule has 1 aliphatic heterocycles. The fraction of sp³-hybridized carbons (Fsp3) is 0.857. The molecular formula is C7H13NO2. The van der Waals surface area contributed by atoms with Gasteiger partial charge in [-0.05, 0) is 6.42 Å². The summed E-state index contributed by atoms with van der Waals surface area (Å²) >= 11 is 0. The van der Waals surface area contributed by atoms with E-state index in [4.69, 9.17) is 5.11 Å². The molecule has 0 spiro atoms. The van der Waals surface area contributed by atoms with Crippen LogP contribution in [0, 0.1) is 0 Å². The molecule has 10 heavy (non-hydrogen) atoms. The molecular weight excluding hydrogens is 130 g/mol. The Hall–Kier alpha value is -0.570. The van der Waals surface area contributed by atoms with E-state index in [1.54, 1.807) is 4.90 Å². The summed E-state index contributed by atoms with van der Waals surface area (Å²) in [5.41, 5.74) is 0.